The molecule has 2 atom stereocenters. The SMILES string of the molecule is CCC(CC/C=C/CC(C)CS)CN1Cc2ccc(Cl)cc2CCCCOc2ccc(C(N)=O)cc21. The van der Waals surface area contributed by atoms with Crippen molar-refractivity contribution in [2.45, 2.75) is 65.3 Å². The van der Waals surface area contributed by atoms with E-state index in [1.54, 1.807) is 6.07 Å². The molecule has 2 aromatic rings. The Bertz CT molecular complexity index is 1030. The smallest absolute Gasteiger partial charge is 0.248 e. The summed E-state index contributed by atoms with van der Waals surface area (Å²) in [5, 5.41) is 0.772. The van der Waals surface area contributed by atoms with E-state index in [1.807, 2.05) is 18.2 Å². The minimum Gasteiger partial charge on any atom is -0.491 e. The number of anilines is 1. The summed E-state index contributed by atoms with van der Waals surface area (Å²) < 4.78 is 6.23. The number of thiol groups is 1. The molecular formula is C30H41ClN2O2S. The zero-order chi connectivity index (χ0) is 25.9. The van der Waals surface area contributed by atoms with Crippen LogP contribution in [0, 0.1) is 11.8 Å². The lowest BCUT2D eigenvalue weighted by molar-refractivity contribution is 0.100. The van der Waals surface area contributed by atoms with Crippen LogP contribution in [0.15, 0.2) is 48.6 Å². The molecule has 3 rings (SSSR count). The van der Waals surface area contributed by atoms with E-state index in [4.69, 9.17) is 22.1 Å². The molecule has 6 heteroatoms. The van der Waals surface area contributed by atoms with Gasteiger partial charge in [-0.3, -0.25) is 4.79 Å². The van der Waals surface area contributed by atoms with Crippen molar-refractivity contribution in [3.8, 4) is 5.75 Å². The largest absolute Gasteiger partial charge is 0.491 e. The fourth-order valence-corrected chi connectivity index (χ4v) is 5.01. The maximum atomic E-state index is 12.0. The van der Waals surface area contributed by atoms with E-state index in [0.717, 1.165) is 80.2 Å². The second-order valence-electron chi connectivity index (χ2n) is 9.99. The van der Waals surface area contributed by atoms with Crippen LogP contribution in [-0.4, -0.2) is 24.8 Å². The Morgan fingerprint density at radius 3 is 2.78 bits per heavy atom. The molecule has 36 heavy (non-hydrogen) atoms. The first kappa shape index (κ1) is 28.5. The summed E-state index contributed by atoms with van der Waals surface area (Å²) in [5.41, 5.74) is 9.66. The quantitative estimate of drug-likeness (QED) is 0.248. The number of fused-ring (bicyclic) bond motifs is 2. The monoisotopic (exact) mass is 528 g/mol. The highest BCUT2D eigenvalue weighted by atomic mass is 35.5. The molecule has 0 spiro atoms. The van der Waals surface area contributed by atoms with Crippen LogP contribution in [0.5, 0.6) is 5.75 Å². The van der Waals surface area contributed by atoms with Crippen molar-refractivity contribution in [3.63, 3.8) is 0 Å². The number of carbonyl (C=O) groups excluding carboxylic acids is 1. The predicted octanol–water partition coefficient (Wildman–Crippen LogP) is 7.48. The van der Waals surface area contributed by atoms with Gasteiger partial charge in [0, 0.05) is 23.7 Å². The van der Waals surface area contributed by atoms with Gasteiger partial charge < -0.3 is 15.4 Å². The number of aryl methyl sites for hydroxylation is 1. The van der Waals surface area contributed by atoms with Crippen LogP contribution in [0.25, 0.3) is 0 Å². The van der Waals surface area contributed by atoms with Crippen LogP contribution in [0.4, 0.5) is 5.69 Å². The van der Waals surface area contributed by atoms with E-state index in [2.05, 4.69) is 55.7 Å². The minimum absolute atomic E-state index is 0.424. The maximum Gasteiger partial charge on any atom is 0.248 e. The second-order valence-corrected chi connectivity index (χ2v) is 10.8. The number of amides is 1. The number of benzene rings is 2. The highest BCUT2D eigenvalue weighted by Gasteiger charge is 2.21. The summed E-state index contributed by atoms with van der Waals surface area (Å²) in [5.74, 6) is 2.41. The Morgan fingerprint density at radius 1 is 1.19 bits per heavy atom. The van der Waals surface area contributed by atoms with Gasteiger partial charge in [-0.1, -0.05) is 50.1 Å². The first-order chi connectivity index (χ1) is 17.4. The Labute approximate surface area is 227 Å². The highest BCUT2D eigenvalue weighted by molar-refractivity contribution is 7.80. The molecule has 1 amide bonds. The molecule has 1 aliphatic rings. The van der Waals surface area contributed by atoms with Crippen LogP contribution in [0.2, 0.25) is 5.02 Å². The normalized spacial score (nSPS) is 15.9. The molecule has 2 aromatic carbocycles. The van der Waals surface area contributed by atoms with Gasteiger partial charge in [-0.15, -0.1) is 0 Å². The van der Waals surface area contributed by atoms with Crippen LogP contribution in [-0.2, 0) is 13.0 Å². The van der Waals surface area contributed by atoms with Crippen molar-refractivity contribution in [1.29, 1.82) is 0 Å². The van der Waals surface area contributed by atoms with Crippen molar-refractivity contribution in [3.05, 3.63) is 70.3 Å². The number of allylic oxidation sites excluding steroid dienone is 2. The molecule has 0 bridgehead atoms. The topological polar surface area (TPSA) is 55.6 Å². The Morgan fingerprint density at radius 2 is 2.03 bits per heavy atom. The maximum absolute atomic E-state index is 12.0. The molecule has 196 valence electrons. The lowest BCUT2D eigenvalue weighted by Crippen LogP contribution is -2.30. The summed E-state index contributed by atoms with van der Waals surface area (Å²) in [7, 11) is 0. The van der Waals surface area contributed by atoms with Crippen molar-refractivity contribution >= 4 is 35.8 Å². The number of nitrogens with two attached hydrogens (primary N) is 1. The van der Waals surface area contributed by atoms with Gasteiger partial charge in [0.2, 0.25) is 5.91 Å². The fraction of sp³-hybridized carbons (Fsp3) is 0.500. The number of primary amides is 1. The molecule has 0 aliphatic carbocycles. The van der Waals surface area contributed by atoms with E-state index in [1.165, 1.54) is 11.1 Å². The highest BCUT2D eigenvalue weighted by Crippen LogP contribution is 2.34. The van der Waals surface area contributed by atoms with Crippen molar-refractivity contribution in [2.75, 3.05) is 23.8 Å². The zero-order valence-electron chi connectivity index (χ0n) is 21.7. The van der Waals surface area contributed by atoms with E-state index >= 15 is 0 Å². The Balaban J connectivity index is 1.90. The van der Waals surface area contributed by atoms with Gasteiger partial charge in [-0.05, 0) is 97.6 Å². The third-order valence-electron chi connectivity index (χ3n) is 7.03. The third-order valence-corrected chi connectivity index (χ3v) is 7.88. The number of nitrogens with zero attached hydrogens (tertiary/aromatic N) is 1. The standard InChI is InChI=1S/C30H41ClN2O2S/c1-3-23(10-6-4-5-9-22(2)21-36)19-33-20-26-12-14-27(31)17-24(26)11-7-8-16-35-29-15-13-25(30(32)34)18-28(29)33/h4-5,12-15,17-18,22-23,36H,3,6-11,16,19-21H2,1-2H3,(H2,32,34)/b5-4+. The third kappa shape index (κ3) is 8.48. The lowest BCUT2D eigenvalue weighted by atomic mass is 9.97. The average molecular weight is 529 g/mol. The molecule has 1 heterocycles. The summed E-state index contributed by atoms with van der Waals surface area (Å²) >= 11 is 10.7. The van der Waals surface area contributed by atoms with Crippen molar-refractivity contribution < 1.29 is 9.53 Å². The molecule has 1 aliphatic heterocycles. The van der Waals surface area contributed by atoms with E-state index in [9.17, 15) is 4.79 Å². The molecule has 0 saturated heterocycles. The number of halogens is 1. The van der Waals surface area contributed by atoms with Gasteiger partial charge in [0.1, 0.15) is 5.75 Å². The van der Waals surface area contributed by atoms with Gasteiger partial charge in [0.25, 0.3) is 0 Å². The zero-order valence-corrected chi connectivity index (χ0v) is 23.4. The van der Waals surface area contributed by atoms with E-state index < -0.39 is 5.91 Å². The van der Waals surface area contributed by atoms with Gasteiger partial charge in [0.05, 0.1) is 12.3 Å². The number of carbonyl (C=O) groups is 1. The van der Waals surface area contributed by atoms with Gasteiger partial charge >= 0.3 is 0 Å². The number of ether oxygens (including phenoxy) is 1. The summed E-state index contributed by atoms with van der Waals surface area (Å²) in [4.78, 5) is 14.4. The lowest BCUT2D eigenvalue weighted by Gasteiger charge is -2.31. The molecule has 0 saturated carbocycles. The molecule has 0 radical (unpaired) electrons. The van der Waals surface area contributed by atoms with Crippen molar-refractivity contribution in [1.82, 2.24) is 0 Å². The Hall–Kier alpha value is -2.11. The second kappa shape index (κ2) is 14.6. The number of hydrogen-bond donors (Lipinski definition) is 2. The van der Waals surface area contributed by atoms with Crippen LogP contribution < -0.4 is 15.4 Å². The van der Waals surface area contributed by atoms with E-state index in [0.29, 0.717) is 24.0 Å². The van der Waals surface area contributed by atoms with Crippen LogP contribution in [0.3, 0.4) is 0 Å². The van der Waals surface area contributed by atoms with Gasteiger partial charge in [-0.2, -0.15) is 12.6 Å². The van der Waals surface area contributed by atoms with Crippen LogP contribution in [0.1, 0.15) is 73.9 Å². The number of rotatable bonds is 10. The fourth-order valence-electron chi connectivity index (χ4n) is 4.66. The molecule has 0 aromatic heterocycles. The number of hydrogen-bond acceptors (Lipinski definition) is 4. The molecule has 2 unspecified atom stereocenters. The Kier molecular flexibility index (Phi) is 11.5. The van der Waals surface area contributed by atoms with Crippen molar-refractivity contribution in [2.24, 2.45) is 17.6 Å². The molecule has 0 fully saturated rings. The van der Waals surface area contributed by atoms with Gasteiger partial charge in [-0.25, -0.2) is 0 Å². The minimum atomic E-state index is -0.424. The average Bonchev–Trinajstić information content (AvgIpc) is 2.90. The first-order valence-corrected chi connectivity index (χ1v) is 14.3. The summed E-state index contributed by atoms with van der Waals surface area (Å²) in [6.45, 7) is 6.73. The van der Waals surface area contributed by atoms with Crippen LogP contribution >= 0.6 is 24.2 Å². The summed E-state index contributed by atoms with van der Waals surface area (Å²) in [6.07, 6.45) is 11.9. The van der Waals surface area contributed by atoms with E-state index in [-0.39, 0.29) is 0 Å². The first-order valence-electron chi connectivity index (χ1n) is 13.3. The molecule has 4 nitrogen and oxygen atoms in total. The van der Waals surface area contributed by atoms with Gasteiger partial charge in [0.15, 0.2) is 0 Å². The predicted molar refractivity (Wildman–Crippen MR) is 156 cm³/mol. The molecular weight excluding hydrogens is 488 g/mol. The summed E-state index contributed by atoms with van der Waals surface area (Å²) in [6, 6.07) is 11.8. The molecule has 2 N–H and O–H groups in total.